The summed E-state index contributed by atoms with van der Waals surface area (Å²) in [6, 6.07) is 10.6. The maximum Gasteiger partial charge on any atom is 0.122 e. The smallest absolute Gasteiger partial charge is 0.122 e. The molecule has 20 heavy (non-hydrogen) atoms. The average Bonchev–Trinajstić information content (AvgIpc) is 2.41. The zero-order valence-electron chi connectivity index (χ0n) is 12.4. The first-order valence-corrected chi connectivity index (χ1v) is 7.44. The fourth-order valence-electron chi connectivity index (χ4n) is 2.21. The number of nitrogens with one attached hydrogen (secondary N) is 1. The van der Waals surface area contributed by atoms with Crippen molar-refractivity contribution in [2.75, 3.05) is 12.4 Å². The molecular formula is C17H20BrNO. The van der Waals surface area contributed by atoms with Gasteiger partial charge in [0, 0.05) is 16.7 Å². The van der Waals surface area contributed by atoms with E-state index in [9.17, 15) is 0 Å². The highest BCUT2D eigenvalue weighted by Crippen LogP contribution is 2.26. The molecule has 2 nitrogen and oxygen atoms in total. The lowest BCUT2D eigenvalue weighted by Gasteiger charge is -2.14. The van der Waals surface area contributed by atoms with Crippen LogP contribution in [0.4, 0.5) is 5.69 Å². The summed E-state index contributed by atoms with van der Waals surface area (Å²) in [5, 5.41) is 3.47. The summed E-state index contributed by atoms with van der Waals surface area (Å²) in [7, 11) is 1.71. The van der Waals surface area contributed by atoms with E-state index < -0.39 is 0 Å². The van der Waals surface area contributed by atoms with Crippen molar-refractivity contribution < 1.29 is 4.74 Å². The van der Waals surface area contributed by atoms with Crippen LogP contribution in [0, 0.1) is 20.8 Å². The molecule has 2 aromatic rings. The van der Waals surface area contributed by atoms with Crippen molar-refractivity contribution >= 4 is 21.6 Å². The van der Waals surface area contributed by atoms with Crippen molar-refractivity contribution in [3.05, 3.63) is 57.1 Å². The van der Waals surface area contributed by atoms with Crippen molar-refractivity contribution in [3.63, 3.8) is 0 Å². The van der Waals surface area contributed by atoms with E-state index in [2.05, 4.69) is 72.3 Å². The number of methoxy groups -OCH3 is 1. The topological polar surface area (TPSA) is 21.3 Å². The van der Waals surface area contributed by atoms with Gasteiger partial charge >= 0.3 is 0 Å². The van der Waals surface area contributed by atoms with E-state index in [1.165, 1.54) is 16.7 Å². The highest BCUT2D eigenvalue weighted by molar-refractivity contribution is 9.10. The normalized spacial score (nSPS) is 10.4. The number of rotatable bonds is 4. The number of ether oxygens (including phenoxy) is 1. The third kappa shape index (κ3) is 3.34. The van der Waals surface area contributed by atoms with Gasteiger partial charge in [-0.15, -0.1) is 0 Å². The lowest BCUT2D eigenvalue weighted by molar-refractivity contribution is 0.411. The van der Waals surface area contributed by atoms with Crippen molar-refractivity contribution in [1.29, 1.82) is 0 Å². The second kappa shape index (κ2) is 6.31. The van der Waals surface area contributed by atoms with E-state index in [-0.39, 0.29) is 0 Å². The predicted molar refractivity (Wildman–Crippen MR) is 88.7 cm³/mol. The van der Waals surface area contributed by atoms with Crippen molar-refractivity contribution in [2.24, 2.45) is 0 Å². The van der Waals surface area contributed by atoms with Crippen LogP contribution in [0.5, 0.6) is 5.75 Å². The minimum absolute atomic E-state index is 0.804. The summed E-state index contributed by atoms with van der Waals surface area (Å²) in [5.74, 6) is 0.947. The molecule has 0 saturated carbocycles. The summed E-state index contributed by atoms with van der Waals surface area (Å²) in [4.78, 5) is 0. The number of hydrogen-bond donors (Lipinski definition) is 1. The molecule has 0 atom stereocenters. The molecule has 0 saturated heterocycles. The van der Waals surface area contributed by atoms with Crippen molar-refractivity contribution in [1.82, 2.24) is 0 Å². The summed E-state index contributed by atoms with van der Waals surface area (Å²) in [6.07, 6.45) is 0. The van der Waals surface area contributed by atoms with Crippen LogP contribution in [0.2, 0.25) is 0 Å². The van der Waals surface area contributed by atoms with Crippen molar-refractivity contribution in [3.8, 4) is 5.75 Å². The van der Waals surface area contributed by atoms with E-state index in [4.69, 9.17) is 4.74 Å². The van der Waals surface area contributed by atoms with Crippen LogP contribution in [-0.4, -0.2) is 7.11 Å². The molecule has 1 N–H and O–H groups in total. The summed E-state index contributed by atoms with van der Waals surface area (Å²) >= 11 is 3.59. The first-order chi connectivity index (χ1) is 9.51. The highest BCUT2D eigenvalue weighted by atomic mass is 79.9. The fourth-order valence-corrected chi connectivity index (χ4v) is 2.85. The fraction of sp³-hybridized carbons (Fsp3) is 0.294. The monoisotopic (exact) mass is 333 g/mol. The number of halogens is 1. The Labute approximate surface area is 129 Å². The zero-order valence-corrected chi connectivity index (χ0v) is 14.0. The molecule has 0 aromatic heterocycles. The SMILES string of the molecule is COc1cc(C)c(CNc2ccc(C)cc2Br)cc1C. The van der Waals surface area contributed by atoms with Gasteiger partial charge in [-0.1, -0.05) is 12.1 Å². The van der Waals surface area contributed by atoms with Gasteiger partial charge in [-0.2, -0.15) is 0 Å². The Hall–Kier alpha value is -1.48. The first-order valence-electron chi connectivity index (χ1n) is 6.65. The molecule has 0 amide bonds. The molecule has 106 valence electrons. The molecule has 0 aliphatic heterocycles. The maximum atomic E-state index is 5.35. The minimum atomic E-state index is 0.804. The Kier molecular flexibility index (Phi) is 4.71. The molecular weight excluding hydrogens is 314 g/mol. The van der Waals surface area contributed by atoms with Crippen LogP contribution in [0.1, 0.15) is 22.3 Å². The number of anilines is 1. The van der Waals surface area contributed by atoms with Gasteiger partial charge in [0.15, 0.2) is 0 Å². The number of benzene rings is 2. The largest absolute Gasteiger partial charge is 0.496 e. The third-order valence-electron chi connectivity index (χ3n) is 3.45. The van der Waals surface area contributed by atoms with Crippen LogP contribution >= 0.6 is 15.9 Å². The Balaban J connectivity index is 2.16. The molecule has 0 fully saturated rings. The van der Waals surface area contributed by atoms with Gasteiger partial charge in [-0.3, -0.25) is 0 Å². The van der Waals surface area contributed by atoms with Crippen LogP contribution in [0.15, 0.2) is 34.8 Å². The molecule has 0 radical (unpaired) electrons. The molecule has 0 heterocycles. The Morgan fingerprint density at radius 1 is 1.05 bits per heavy atom. The molecule has 0 spiro atoms. The summed E-state index contributed by atoms with van der Waals surface area (Å²) in [6.45, 7) is 7.08. The standard InChI is InChI=1S/C17H20BrNO/c1-11-5-6-16(15(18)7-11)19-10-14-8-13(3)17(20-4)9-12(14)2/h5-9,19H,10H2,1-4H3. The van der Waals surface area contributed by atoms with Crippen LogP contribution in [-0.2, 0) is 6.54 Å². The van der Waals surface area contributed by atoms with E-state index >= 15 is 0 Å². The molecule has 0 unspecified atom stereocenters. The highest BCUT2D eigenvalue weighted by Gasteiger charge is 2.06. The van der Waals surface area contributed by atoms with Gasteiger partial charge in [0.05, 0.1) is 7.11 Å². The molecule has 0 aliphatic rings. The molecule has 3 heteroatoms. The second-order valence-corrected chi connectivity index (χ2v) is 5.94. The van der Waals surface area contributed by atoms with Gasteiger partial charge in [0.1, 0.15) is 5.75 Å². The van der Waals surface area contributed by atoms with E-state index in [0.717, 1.165) is 28.0 Å². The molecule has 0 aliphatic carbocycles. The average molecular weight is 334 g/mol. The molecule has 0 bridgehead atoms. The van der Waals surface area contributed by atoms with E-state index in [1.54, 1.807) is 7.11 Å². The zero-order chi connectivity index (χ0) is 14.7. The predicted octanol–water partition coefficient (Wildman–Crippen LogP) is 5.00. The Morgan fingerprint density at radius 2 is 1.80 bits per heavy atom. The third-order valence-corrected chi connectivity index (χ3v) is 4.10. The van der Waals surface area contributed by atoms with Crippen LogP contribution < -0.4 is 10.1 Å². The van der Waals surface area contributed by atoms with Crippen molar-refractivity contribution in [2.45, 2.75) is 27.3 Å². The summed E-state index contributed by atoms with van der Waals surface area (Å²) < 4.78 is 6.45. The maximum absolute atomic E-state index is 5.35. The Morgan fingerprint density at radius 3 is 2.45 bits per heavy atom. The van der Waals surface area contributed by atoms with E-state index in [1.807, 2.05) is 0 Å². The van der Waals surface area contributed by atoms with Gasteiger partial charge in [0.2, 0.25) is 0 Å². The van der Waals surface area contributed by atoms with E-state index in [0.29, 0.717) is 0 Å². The van der Waals surface area contributed by atoms with Crippen LogP contribution in [0.3, 0.4) is 0 Å². The van der Waals surface area contributed by atoms with Gasteiger partial charge in [0.25, 0.3) is 0 Å². The quantitative estimate of drug-likeness (QED) is 0.850. The lowest BCUT2D eigenvalue weighted by Crippen LogP contribution is -2.03. The Bertz CT molecular complexity index is 623. The van der Waals surface area contributed by atoms with Gasteiger partial charge in [-0.05, 0) is 77.2 Å². The minimum Gasteiger partial charge on any atom is -0.496 e. The lowest BCUT2D eigenvalue weighted by atomic mass is 10.0. The van der Waals surface area contributed by atoms with Gasteiger partial charge < -0.3 is 10.1 Å². The summed E-state index contributed by atoms with van der Waals surface area (Å²) in [5.41, 5.74) is 6.05. The molecule has 2 rings (SSSR count). The first kappa shape index (κ1) is 14.9. The van der Waals surface area contributed by atoms with Gasteiger partial charge in [-0.25, -0.2) is 0 Å². The van der Waals surface area contributed by atoms with Crippen LogP contribution in [0.25, 0.3) is 0 Å². The second-order valence-electron chi connectivity index (χ2n) is 5.09. The number of aryl methyl sites for hydroxylation is 3. The number of hydrogen-bond acceptors (Lipinski definition) is 2. The molecule has 2 aromatic carbocycles.